The number of hydrogen-bond donors (Lipinski definition) is 0. The van der Waals surface area contributed by atoms with Crippen LogP contribution >= 0.6 is 0 Å². The molecule has 4 aliphatic rings. The van der Waals surface area contributed by atoms with Gasteiger partial charge in [-0.25, -0.2) is 4.79 Å². The average Bonchev–Trinajstić information content (AvgIpc) is 3.40. The van der Waals surface area contributed by atoms with Gasteiger partial charge in [0.2, 0.25) is 6.79 Å². The Labute approximate surface area is 158 Å². The van der Waals surface area contributed by atoms with E-state index in [2.05, 4.69) is 6.07 Å². The Bertz CT molecular complexity index is 731. The molecule has 1 aromatic rings. The molecule has 0 aromatic heterocycles. The van der Waals surface area contributed by atoms with E-state index in [0.717, 1.165) is 36.3 Å². The average molecular weight is 375 g/mol. The third-order valence-electron chi connectivity index (χ3n) is 6.24. The lowest BCUT2D eigenvalue weighted by Gasteiger charge is -2.45. The van der Waals surface area contributed by atoms with E-state index in [1.54, 1.807) is 0 Å². The number of nitrogens with zero attached hydrogens (tertiary/aromatic N) is 1. The number of carbonyl (C=O) groups excluding carboxylic acids is 1. The van der Waals surface area contributed by atoms with Gasteiger partial charge in [0.1, 0.15) is 0 Å². The van der Waals surface area contributed by atoms with Gasteiger partial charge in [-0.3, -0.25) is 0 Å². The van der Waals surface area contributed by atoms with Crippen molar-refractivity contribution >= 4 is 6.09 Å². The van der Waals surface area contributed by atoms with Crippen LogP contribution in [0.4, 0.5) is 4.79 Å². The molecule has 0 unspecified atom stereocenters. The van der Waals surface area contributed by atoms with E-state index in [0.29, 0.717) is 32.3 Å². The van der Waals surface area contributed by atoms with Crippen LogP contribution < -0.4 is 9.47 Å². The van der Waals surface area contributed by atoms with Crippen LogP contribution in [-0.2, 0) is 14.2 Å². The second-order valence-corrected chi connectivity index (χ2v) is 7.67. The summed E-state index contributed by atoms with van der Waals surface area (Å²) in [5.74, 6) is 1.42. The molecule has 0 radical (unpaired) electrons. The molecule has 1 amide bonds. The minimum atomic E-state index is -0.535. The van der Waals surface area contributed by atoms with E-state index in [4.69, 9.17) is 23.7 Å². The second kappa shape index (κ2) is 6.56. The van der Waals surface area contributed by atoms with Gasteiger partial charge in [-0.1, -0.05) is 6.07 Å². The number of likely N-dealkylation sites (tertiary alicyclic amines) is 1. The first-order chi connectivity index (χ1) is 13.2. The number of amides is 1. The van der Waals surface area contributed by atoms with Crippen LogP contribution in [0.15, 0.2) is 18.2 Å². The van der Waals surface area contributed by atoms with Crippen molar-refractivity contribution in [2.24, 2.45) is 5.92 Å². The molecule has 1 spiro atoms. The molecule has 1 aliphatic carbocycles. The molecular weight excluding hydrogens is 350 g/mol. The highest BCUT2D eigenvalue weighted by Gasteiger charge is 2.55. The normalized spacial score (nSPS) is 30.6. The number of fused-ring (bicyclic) bond motifs is 2. The van der Waals surface area contributed by atoms with Crippen molar-refractivity contribution in [2.45, 2.75) is 43.9 Å². The van der Waals surface area contributed by atoms with Crippen LogP contribution in [-0.4, -0.2) is 56.0 Å². The lowest BCUT2D eigenvalue weighted by Crippen LogP contribution is -2.51. The molecular formula is C20H25NO6. The molecule has 27 heavy (non-hydrogen) atoms. The zero-order valence-electron chi connectivity index (χ0n) is 15.5. The molecule has 5 rings (SSSR count). The van der Waals surface area contributed by atoms with Crippen LogP contribution in [0.5, 0.6) is 11.5 Å². The van der Waals surface area contributed by atoms with Gasteiger partial charge >= 0.3 is 6.09 Å². The summed E-state index contributed by atoms with van der Waals surface area (Å²) >= 11 is 0. The molecule has 3 heterocycles. The van der Waals surface area contributed by atoms with Crippen molar-refractivity contribution in [3.8, 4) is 11.5 Å². The molecule has 3 atom stereocenters. The van der Waals surface area contributed by atoms with Gasteiger partial charge in [-0.15, -0.1) is 0 Å². The summed E-state index contributed by atoms with van der Waals surface area (Å²) in [6, 6.07) is 6.15. The van der Waals surface area contributed by atoms with Crippen molar-refractivity contribution in [1.82, 2.24) is 4.90 Å². The number of benzene rings is 1. The monoisotopic (exact) mass is 375 g/mol. The first kappa shape index (κ1) is 17.1. The van der Waals surface area contributed by atoms with Crippen molar-refractivity contribution in [3.05, 3.63) is 23.8 Å². The van der Waals surface area contributed by atoms with E-state index in [1.807, 2.05) is 24.0 Å². The van der Waals surface area contributed by atoms with Crippen molar-refractivity contribution in [1.29, 1.82) is 0 Å². The largest absolute Gasteiger partial charge is 0.454 e. The fourth-order valence-corrected chi connectivity index (χ4v) is 5.20. The van der Waals surface area contributed by atoms with E-state index in [1.165, 1.54) is 0 Å². The maximum Gasteiger partial charge on any atom is 0.410 e. The minimum Gasteiger partial charge on any atom is -0.454 e. The van der Waals surface area contributed by atoms with Crippen molar-refractivity contribution in [3.63, 3.8) is 0 Å². The topological polar surface area (TPSA) is 66.5 Å². The summed E-state index contributed by atoms with van der Waals surface area (Å²) in [6.07, 6.45) is 2.28. The fourth-order valence-electron chi connectivity index (χ4n) is 5.20. The van der Waals surface area contributed by atoms with Gasteiger partial charge < -0.3 is 28.6 Å². The zero-order chi connectivity index (χ0) is 18.4. The maximum atomic E-state index is 12.6. The van der Waals surface area contributed by atoms with E-state index < -0.39 is 5.79 Å². The zero-order valence-corrected chi connectivity index (χ0v) is 15.5. The van der Waals surface area contributed by atoms with E-state index in [9.17, 15) is 4.79 Å². The Balaban J connectivity index is 1.50. The minimum absolute atomic E-state index is 0.0860. The molecule has 7 heteroatoms. The number of ether oxygens (including phenoxy) is 5. The van der Waals surface area contributed by atoms with E-state index in [-0.39, 0.29) is 24.8 Å². The Morgan fingerprint density at radius 3 is 2.85 bits per heavy atom. The summed E-state index contributed by atoms with van der Waals surface area (Å²) < 4.78 is 28.5. The first-order valence-corrected chi connectivity index (χ1v) is 9.80. The van der Waals surface area contributed by atoms with E-state index >= 15 is 0 Å². The second-order valence-electron chi connectivity index (χ2n) is 7.67. The third kappa shape index (κ3) is 2.84. The summed E-state index contributed by atoms with van der Waals surface area (Å²) in [4.78, 5) is 14.5. The molecule has 146 valence electrons. The summed E-state index contributed by atoms with van der Waals surface area (Å²) in [7, 11) is 0. The third-order valence-corrected chi connectivity index (χ3v) is 6.24. The molecule has 3 fully saturated rings. The molecule has 1 saturated carbocycles. The van der Waals surface area contributed by atoms with Gasteiger partial charge in [-0.05, 0) is 37.0 Å². The quantitative estimate of drug-likeness (QED) is 0.792. The summed E-state index contributed by atoms with van der Waals surface area (Å²) in [5, 5.41) is 0. The van der Waals surface area contributed by atoms with Crippen LogP contribution in [0.2, 0.25) is 0 Å². The van der Waals surface area contributed by atoms with Crippen LogP contribution in [0, 0.1) is 5.92 Å². The maximum absolute atomic E-state index is 12.6. The Morgan fingerprint density at radius 1 is 1.22 bits per heavy atom. The number of hydrogen-bond acceptors (Lipinski definition) is 6. The van der Waals surface area contributed by atoms with Crippen molar-refractivity contribution in [2.75, 3.05) is 33.2 Å². The molecule has 0 bridgehead atoms. The van der Waals surface area contributed by atoms with Gasteiger partial charge in [0, 0.05) is 31.3 Å². The summed E-state index contributed by atoms with van der Waals surface area (Å²) in [5.41, 5.74) is 1.13. The molecule has 2 saturated heterocycles. The lowest BCUT2D eigenvalue weighted by atomic mass is 9.71. The number of rotatable bonds is 2. The van der Waals surface area contributed by atoms with Crippen LogP contribution in [0.25, 0.3) is 0 Å². The van der Waals surface area contributed by atoms with Gasteiger partial charge in [0.25, 0.3) is 0 Å². The highest BCUT2D eigenvalue weighted by Crippen LogP contribution is 2.52. The molecule has 1 aromatic carbocycles. The highest BCUT2D eigenvalue weighted by molar-refractivity contribution is 5.69. The first-order valence-electron chi connectivity index (χ1n) is 9.80. The Morgan fingerprint density at radius 2 is 2.04 bits per heavy atom. The lowest BCUT2D eigenvalue weighted by molar-refractivity contribution is -0.195. The SMILES string of the molecule is CCOC(=O)N1CC[C@H]2CC3(C[C@@H](c4ccc5c(c4)OCO5)[C@@H]21)OCCO3. The molecule has 0 N–H and O–H groups in total. The van der Waals surface area contributed by atoms with Crippen LogP contribution in [0.1, 0.15) is 37.7 Å². The molecule has 7 nitrogen and oxygen atoms in total. The smallest absolute Gasteiger partial charge is 0.410 e. The Kier molecular flexibility index (Phi) is 4.16. The fraction of sp³-hybridized carbons (Fsp3) is 0.650. The van der Waals surface area contributed by atoms with Gasteiger partial charge in [0.05, 0.1) is 19.8 Å². The standard InChI is InChI=1S/C20H25NO6/c1-2-23-19(22)21-6-5-14-10-20(26-7-8-27-20)11-15(18(14)21)13-3-4-16-17(9-13)25-12-24-16/h3-4,9,14-15,18H,2,5-8,10-12H2,1H3/t14-,15-,18+/m0/s1. The number of carbonyl (C=O) groups is 1. The Hall–Kier alpha value is -1.99. The predicted octanol–water partition coefficient (Wildman–Crippen LogP) is 2.88. The van der Waals surface area contributed by atoms with Gasteiger partial charge in [-0.2, -0.15) is 0 Å². The van der Waals surface area contributed by atoms with Crippen molar-refractivity contribution < 1.29 is 28.5 Å². The van der Waals surface area contributed by atoms with Gasteiger partial charge in [0.15, 0.2) is 17.3 Å². The highest BCUT2D eigenvalue weighted by atomic mass is 16.7. The predicted molar refractivity (Wildman–Crippen MR) is 94.8 cm³/mol. The summed E-state index contributed by atoms with van der Waals surface area (Å²) in [6.45, 7) is 4.46. The molecule has 3 aliphatic heterocycles. The van der Waals surface area contributed by atoms with Crippen LogP contribution in [0.3, 0.4) is 0 Å².